The highest BCUT2D eigenvalue weighted by Crippen LogP contribution is 2.24. The summed E-state index contributed by atoms with van der Waals surface area (Å²) in [5.41, 5.74) is 0.513. The zero-order valence-electron chi connectivity index (χ0n) is 11.1. The van der Waals surface area contributed by atoms with Gasteiger partial charge in [0.05, 0.1) is 18.3 Å². The van der Waals surface area contributed by atoms with Gasteiger partial charge in [0.1, 0.15) is 15.6 Å². The number of aromatic amines is 1. The fourth-order valence-electron chi connectivity index (χ4n) is 1.89. The second-order valence-corrected chi connectivity index (χ2v) is 6.81. The molecule has 0 amide bonds. The van der Waals surface area contributed by atoms with Gasteiger partial charge in [0.25, 0.3) is 0 Å². The van der Waals surface area contributed by atoms with Crippen molar-refractivity contribution in [3.8, 4) is 0 Å². The van der Waals surface area contributed by atoms with Gasteiger partial charge in [0.15, 0.2) is 0 Å². The quantitative estimate of drug-likeness (QED) is 0.739. The monoisotopic (exact) mass is 316 g/mol. The highest BCUT2D eigenvalue weighted by molar-refractivity contribution is 7.89. The van der Waals surface area contributed by atoms with E-state index in [1.54, 1.807) is 18.5 Å². The lowest BCUT2D eigenvalue weighted by Gasteiger charge is -2.15. The van der Waals surface area contributed by atoms with Crippen molar-refractivity contribution in [1.29, 1.82) is 0 Å². The molecule has 0 aliphatic carbocycles. The summed E-state index contributed by atoms with van der Waals surface area (Å²) in [5, 5.41) is 18.1. The molecule has 2 heterocycles. The average Bonchev–Trinajstić information content (AvgIpc) is 3.05. The largest absolute Gasteiger partial charge is 0.390 e. The lowest BCUT2D eigenvalue weighted by atomic mass is 10.3. The van der Waals surface area contributed by atoms with Crippen LogP contribution in [0, 0.1) is 6.92 Å². The molecule has 0 fully saturated rings. The molecule has 2 aromatic rings. The van der Waals surface area contributed by atoms with Gasteiger partial charge in [-0.3, -0.25) is 5.10 Å². The van der Waals surface area contributed by atoms with Gasteiger partial charge in [0, 0.05) is 11.6 Å². The maximum atomic E-state index is 12.5. The summed E-state index contributed by atoms with van der Waals surface area (Å²) in [7, 11) is -3.76. The topological polar surface area (TPSA) is 108 Å². The number of aromatic nitrogens is 3. The van der Waals surface area contributed by atoms with E-state index in [1.165, 1.54) is 11.3 Å². The summed E-state index contributed by atoms with van der Waals surface area (Å²) < 4.78 is 27.5. The van der Waals surface area contributed by atoms with E-state index in [0.717, 1.165) is 0 Å². The van der Waals surface area contributed by atoms with Crippen molar-refractivity contribution in [2.45, 2.75) is 37.8 Å². The number of nitrogens with one attached hydrogen (secondary N) is 2. The highest BCUT2D eigenvalue weighted by atomic mass is 32.2. The minimum absolute atomic E-state index is 0.00926. The summed E-state index contributed by atoms with van der Waals surface area (Å²) in [4.78, 5) is 4.15. The standard InChI is InChI=1S/C11H16N4O3S2/c1-3-8(11-12-4-5-19-11)15-20(17,18)10-7(2)13-14-9(10)6-16/h4-5,8,15-16H,3,6H2,1-2H3,(H,13,14). The van der Waals surface area contributed by atoms with Crippen LogP contribution in [0.3, 0.4) is 0 Å². The number of thiazole rings is 1. The Hall–Kier alpha value is -1.29. The van der Waals surface area contributed by atoms with Crippen LogP contribution >= 0.6 is 11.3 Å². The van der Waals surface area contributed by atoms with Gasteiger partial charge < -0.3 is 5.11 Å². The highest BCUT2D eigenvalue weighted by Gasteiger charge is 2.27. The number of nitrogens with zero attached hydrogens (tertiary/aromatic N) is 2. The Kier molecular flexibility index (Phi) is 4.53. The third kappa shape index (κ3) is 2.90. The van der Waals surface area contributed by atoms with Crippen LogP contribution in [-0.2, 0) is 16.6 Å². The summed E-state index contributed by atoms with van der Waals surface area (Å²) in [6, 6.07) is -0.388. The van der Waals surface area contributed by atoms with Gasteiger partial charge in [-0.25, -0.2) is 18.1 Å². The Balaban J connectivity index is 2.33. The van der Waals surface area contributed by atoms with Crippen molar-refractivity contribution in [1.82, 2.24) is 19.9 Å². The second kappa shape index (κ2) is 6.00. The number of aliphatic hydroxyl groups excluding tert-OH is 1. The molecule has 0 saturated heterocycles. The molecule has 1 unspecified atom stereocenters. The van der Waals surface area contributed by atoms with Gasteiger partial charge in [-0.05, 0) is 13.3 Å². The molecule has 110 valence electrons. The van der Waals surface area contributed by atoms with Crippen molar-refractivity contribution in [3.63, 3.8) is 0 Å². The molecule has 0 aromatic carbocycles. The number of hydrogen-bond acceptors (Lipinski definition) is 6. The molecular weight excluding hydrogens is 300 g/mol. The molecule has 7 nitrogen and oxygen atoms in total. The lowest BCUT2D eigenvalue weighted by molar-refractivity contribution is 0.273. The van der Waals surface area contributed by atoms with Gasteiger partial charge >= 0.3 is 0 Å². The zero-order valence-corrected chi connectivity index (χ0v) is 12.8. The Bertz CT molecular complexity index is 664. The fourth-order valence-corrected chi connectivity index (χ4v) is 4.38. The molecule has 0 aliphatic rings. The van der Waals surface area contributed by atoms with Crippen LogP contribution in [0.5, 0.6) is 0 Å². The first-order valence-electron chi connectivity index (χ1n) is 6.06. The minimum atomic E-state index is -3.76. The van der Waals surface area contributed by atoms with Gasteiger partial charge in [-0.15, -0.1) is 11.3 Å². The molecular formula is C11H16N4O3S2. The average molecular weight is 316 g/mol. The maximum Gasteiger partial charge on any atom is 0.244 e. The molecule has 1 atom stereocenters. The normalized spacial score (nSPS) is 13.6. The van der Waals surface area contributed by atoms with E-state index in [0.29, 0.717) is 17.1 Å². The number of aryl methyl sites for hydroxylation is 1. The van der Waals surface area contributed by atoms with Crippen LogP contribution in [-0.4, -0.2) is 28.7 Å². The molecule has 2 rings (SSSR count). The van der Waals surface area contributed by atoms with E-state index in [9.17, 15) is 13.5 Å². The van der Waals surface area contributed by atoms with E-state index in [2.05, 4.69) is 19.9 Å². The van der Waals surface area contributed by atoms with Crippen molar-refractivity contribution in [3.05, 3.63) is 28.0 Å². The third-order valence-corrected chi connectivity index (χ3v) is 5.40. The van der Waals surface area contributed by atoms with Crippen LogP contribution in [0.1, 0.15) is 35.8 Å². The van der Waals surface area contributed by atoms with Crippen molar-refractivity contribution < 1.29 is 13.5 Å². The van der Waals surface area contributed by atoms with Gasteiger partial charge in [0.2, 0.25) is 10.0 Å². The Labute approximate surface area is 121 Å². The van der Waals surface area contributed by atoms with E-state index in [4.69, 9.17) is 0 Å². The summed E-state index contributed by atoms with van der Waals surface area (Å²) in [5.74, 6) is 0. The Morgan fingerprint density at radius 2 is 2.30 bits per heavy atom. The smallest absolute Gasteiger partial charge is 0.244 e. The summed E-state index contributed by atoms with van der Waals surface area (Å²) in [6.07, 6.45) is 2.22. The lowest BCUT2D eigenvalue weighted by Crippen LogP contribution is -2.29. The number of hydrogen-bond donors (Lipinski definition) is 3. The predicted molar refractivity (Wildman–Crippen MR) is 74.7 cm³/mol. The van der Waals surface area contributed by atoms with Crippen molar-refractivity contribution in [2.75, 3.05) is 0 Å². The number of sulfonamides is 1. The first-order valence-corrected chi connectivity index (χ1v) is 8.42. The van der Waals surface area contributed by atoms with E-state index < -0.39 is 16.6 Å². The summed E-state index contributed by atoms with van der Waals surface area (Å²) in [6.45, 7) is 3.05. The zero-order chi connectivity index (χ0) is 14.8. The van der Waals surface area contributed by atoms with E-state index in [1.807, 2.05) is 6.92 Å². The molecule has 20 heavy (non-hydrogen) atoms. The predicted octanol–water partition coefficient (Wildman–Crippen LogP) is 1.10. The van der Waals surface area contributed by atoms with Crippen LogP contribution in [0.15, 0.2) is 16.5 Å². The molecule has 0 spiro atoms. The summed E-state index contributed by atoms with van der Waals surface area (Å²) >= 11 is 1.40. The number of aliphatic hydroxyl groups is 1. The van der Waals surface area contributed by atoms with Crippen molar-refractivity contribution in [2.24, 2.45) is 0 Å². The molecule has 0 aliphatic heterocycles. The number of H-pyrrole nitrogens is 1. The second-order valence-electron chi connectivity index (χ2n) is 4.24. The Morgan fingerprint density at radius 3 is 2.85 bits per heavy atom. The Morgan fingerprint density at radius 1 is 1.55 bits per heavy atom. The third-order valence-electron chi connectivity index (χ3n) is 2.83. The molecule has 0 saturated carbocycles. The van der Waals surface area contributed by atoms with Crippen LogP contribution in [0.25, 0.3) is 0 Å². The first-order chi connectivity index (χ1) is 9.49. The first kappa shape index (κ1) is 15.1. The van der Waals surface area contributed by atoms with E-state index >= 15 is 0 Å². The van der Waals surface area contributed by atoms with Gasteiger partial charge in [-0.1, -0.05) is 6.92 Å². The van der Waals surface area contributed by atoms with Crippen LogP contribution in [0.2, 0.25) is 0 Å². The molecule has 9 heteroatoms. The molecule has 0 radical (unpaired) electrons. The molecule has 3 N–H and O–H groups in total. The number of rotatable bonds is 6. The minimum Gasteiger partial charge on any atom is -0.390 e. The van der Waals surface area contributed by atoms with Crippen LogP contribution in [0.4, 0.5) is 0 Å². The SMILES string of the molecule is CCC(NS(=O)(=O)c1c(CO)n[nH]c1C)c1nccs1. The molecule has 0 bridgehead atoms. The fraction of sp³-hybridized carbons (Fsp3) is 0.455. The van der Waals surface area contributed by atoms with Gasteiger partial charge in [-0.2, -0.15) is 5.10 Å². The van der Waals surface area contributed by atoms with Crippen molar-refractivity contribution >= 4 is 21.4 Å². The van der Waals surface area contributed by atoms with E-state index in [-0.39, 0.29) is 16.6 Å². The maximum absolute atomic E-state index is 12.5. The molecule has 2 aromatic heterocycles. The van der Waals surface area contributed by atoms with Crippen LogP contribution < -0.4 is 4.72 Å².